The molecular formula is C7H9F7O2. The minimum atomic E-state index is -4.59. The second-order valence-electron chi connectivity index (χ2n) is 2.86. The van der Waals surface area contributed by atoms with Gasteiger partial charge in [0.1, 0.15) is 19.4 Å². The lowest BCUT2D eigenvalue weighted by atomic mass is 10.4. The van der Waals surface area contributed by atoms with Crippen LogP contribution in [0, 0.1) is 0 Å². The maximum atomic E-state index is 12.6. The molecule has 0 aliphatic rings. The molecule has 0 bridgehead atoms. The highest BCUT2D eigenvalue weighted by Crippen LogP contribution is 2.16. The van der Waals surface area contributed by atoms with Crippen molar-refractivity contribution >= 4 is 0 Å². The number of hydrogen-bond acceptors (Lipinski definition) is 2. The molecule has 0 saturated carbocycles. The van der Waals surface area contributed by atoms with Crippen molar-refractivity contribution < 1.29 is 40.2 Å². The van der Waals surface area contributed by atoms with Crippen LogP contribution in [0.25, 0.3) is 0 Å². The molecule has 0 N–H and O–H groups in total. The standard InChI is InChI=1S/C7H9F7O2/c8-5(1-15-3-6(9,10)11)2-16-4-7(12,13)14/h5H,1-4H2. The van der Waals surface area contributed by atoms with Crippen molar-refractivity contribution in [1.82, 2.24) is 0 Å². The second kappa shape index (κ2) is 6.24. The summed E-state index contributed by atoms with van der Waals surface area (Å²) in [6.07, 6.45) is -11.2. The van der Waals surface area contributed by atoms with Crippen LogP contribution >= 0.6 is 0 Å². The van der Waals surface area contributed by atoms with Crippen LogP contribution in [-0.4, -0.2) is 45.0 Å². The molecule has 0 saturated heterocycles. The number of alkyl halides is 7. The first-order valence-corrected chi connectivity index (χ1v) is 4.03. The van der Waals surface area contributed by atoms with Gasteiger partial charge in [-0.3, -0.25) is 0 Å². The molecule has 0 rings (SSSR count). The summed E-state index contributed by atoms with van der Waals surface area (Å²) in [7, 11) is 0. The first kappa shape index (κ1) is 15.4. The van der Waals surface area contributed by atoms with Crippen molar-refractivity contribution in [2.45, 2.75) is 18.5 Å². The van der Waals surface area contributed by atoms with Gasteiger partial charge in [-0.05, 0) is 0 Å². The Morgan fingerprint density at radius 2 is 1.06 bits per heavy atom. The van der Waals surface area contributed by atoms with Crippen LogP contribution in [-0.2, 0) is 9.47 Å². The summed E-state index contributed by atoms with van der Waals surface area (Å²) in [5.74, 6) is 0. The molecule has 0 aromatic carbocycles. The van der Waals surface area contributed by atoms with Gasteiger partial charge in [0.05, 0.1) is 13.2 Å². The SMILES string of the molecule is FC(COCC(F)(F)F)COCC(F)(F)F. The lowest BCUT2D eigenvalue weighted by molar-refractivity contribution is -0.186. The Labute approximate surface area is 86.3 Å². The van der Waals surface area contributed by atoms with E-state index in [9.17, 15) is 30.7 Å². The maximum Gasteiger partial charge on any atom is 0.411 e. The molecule has 0 aromatic heterocycles. The van der Waals surface area contributed by atoms with E-state index < -0.39 is 45.0 Å². The first-order valence-electron chi connectivity index (χ1n) is 4.03. The van der Waals surface area contributed by atoms with Crippen LogP contribution in [0.5, 0.6) is 0 Å². The van der Waals surface area contributed by atoms with E-state index in [4.69, 9.17) is 0 Å². The van der Waals surface area contributed by atoms with Gasteiger partial charge in [-0.1, -0.05) is 0 Å². The Bertz CT molecular complexity index is 168. The quantitative estimate of drug-likeness (QED) is 0.681. The normalized spacial score (nSPS) is 13.5. The molecule has 2 nitrogen and oxygen atoms in total. The minimum Gasteiger partial charge on any atom is -0.369 e. The minimum absolute atomic E-state index is 0.961. The van der Waals surface area contributed by atoms with Gasteiger partial charge in [0.2, 0.25) is 0 Å². The Morgan fingerprint density at radius 3 is 1.31 bits per heavy atom. The molecule has 0 aliphatic heterocycles. The molecule has 0 aliphatic carbocycles. The maximum absolute atomic E-state index is 12.6. The summed E-state index contributed by atoms with van der Waals surface area (Å²) >= 11 is 0. The number of hydrogen-bond donors (Lipinski definition) is 0. The zero-order valence-electron chi connectivity index (χ0n) is 7.87. The first-order chi connectivity index (χ1) is 7.10. The lowest BCUT2D eigenvalue weighted by Crippen LogP contribution is -2.25. The molecule has 98 valence electrons. The van der Waals surface area contributed by atoms with E-state index in [0.29, 0.717) is 0 Å². The van der Waals surface area contributed by atoms with E-state index in [1.54, 1.807) is 0 Å². The molecule has 9 heteroatoms. The largest absolute Gasteiger partial charge is 0.411 e. The van der Waals surface area contributed by atoms with Crippen molar-refractivity contribution in [3.63, 3.8) is 0 Å². The van der Waals surface area contributed by atoms with E-state index in [-0.39, 0.29) is 0 Å². The Hall–Kier alpha value is -0.570. The summed E-state index contributed by atoms with van der Waals surface area (Å²) in [5.41, 5.74) is 0. The molecule has 0 atom stereocenters. The van der Waals surface area contributed by atoms with Crippen molar-refractivity contribution in [2.24, 2.45) is 0 Å². The van der Waals surface area contributed by atoms with Crippen LogP contribution < -0.4 is 0 Å². The topological polar surface area (TPSA) is 18.5 Å². The third-order valence-electron chi connectivity index (χ3n) is 1.13. The summed E-state index contributed by atoms with van der Waals surface area (Å²) in [6.45, 7) is -5.21. The summed E-state index contributed by atoms with van der Waals surface area (Å²) < 4.78 is 89.3. The average molecular weight is 258 g/mol. The summed E-state index contributed by atoms with van der Waals surface area (Å²) in [6, 6.07) is 0. The molecule has 0 aromatic rings. The van der Waals surface area contributed by atoms with Gasteiger partial charge in [-0.15, -0.1) is 0 Å². The highest BCUT2D eigenvalue weighted by Gasteiger charge is 2.29. The van der Waals surface area contributed by atoms with Crippen molar-refractivity contribution in [3.05, 3.63) is 0 Å². The molecule has 0 fully saturated rings. The average Bonchev–Trinajstić information content (AvgIpc) is 1.98. The molecule has 0 heterocycles. The van der Waals surface area contributed by atoms with Crippen molar-refractivity contribution in [3.8, 4) is 0 Å². The molecule has 16 heavy (non-hydrogen) atoms. The second-order valence-corrected chi connectivity index (χ2v) is 2.86. The lowest BCUT2D eigenvalue weighted by Gasteiger charge is -2.12. The Morgan fingerprint density at radius 1 is 0.750 bits per heavy atom. The van der Waals surface area contributed by atoms with Crippen LogP contribution in [0.3, 0.4) is 0 Å². The van der Waals surface area contributed by atoms with Gasteiger partial charge in [-0.2, -0.15) is 26.3 Å². The highest BCUT2D eigenvalue weighted by atomic mass is 19.4. The van der Waals surface area contributed by atoms with Gasteiger partial charge < -0.3 is 9.47 Å². The van der Waals surface area contributed by atoms with Gasteiger partial charge in [0.15, 0.2) is 0 Å². The smallest absolute Gasteiger partial charge is 0.369 e. The van der Waals surface area contributed by atoms with Gasteiger partial charge in [0, 0.05) is 0 Å². The fourth-order valence-electron chi connectivity index (χ4n) is 0.653. The fraction of sp³-hybridized carbons (Fsp3) is 1.00. The fourth-order valence-corrected chi connectivity index (χ4v) is 0.653. The van der Waals surface area contributed by atoms with E-state index in [2.05, 4.69) is 9.47 Å². The molecule has 0 amide bonds. The monoisotopic (exact) mass is 258 g/mol. The zero-order chi connectivity index (χ0) is 12.8. The Balaban J connectivity index is 3.49. The van der Waals surface area contributed by atoms with Crippen molar-refractivity contribution in [1.29, 1.82) is 0 Å². The summed E-state index contributed by atoms with van der Waals surface area (Å²) in [4.78, 5) is 0. The van der Waals surface area contributed by atoms with Crippen molar-refractivity contribution in [2.75, 3.05) is 26.4 Å². The highest BCUT2D eigenvalue weighted by molar-refractivity contribution is 4.55. The zero-order valence-corrected chi connectivity index (χ0v) is 7.87. The Kier molecular flexibility index (Phi) is 6.01. The number of halogens is 7. The van der Waals surface area contributed by atoms with Gasteiger partial charge in [0.25, 0.3) is 0 Å². The van der Waals surface area contributed by atoms with Crippen LogP contribution in [0.1, 0.15) is 0 Å². The van der Waals surface area contributed by atoms with Gasteiger partial charge >= 0.3 is 12.4 Å². The molecule has 0 radical (unpaired) electrons. The molecular weight excluding hydrogens is 249 g/mol. The number of rotatable bonds is 6. The van der Waals surface area contributed by atoms with E-state index in [0.717, 1.165) is 0 Å². The van der Waals surface area contributed by atoms with Crippen LogP contribution in [0.4, 0.5) is 30.7 Å². The third-order valence-corrected chi connectivity index (χ3v) is 1.13. The van der Waals surface area contributed by atoms with E-state index >= 15 is 0 Å². The molecule has 0 spiro atoms. The van der Waals surface area contributed by atoms with E-state index in [1.807, 2.05) is 0 Å². The van der Waals surface area contributed by atoms with E-state index in [1.165, 1.54) is 0 Å². The van der Waals surface area contributed by atoms with Crippen LogP contribution in [0.15, 0.2) is 0 Å². The number of ether oxygens (including phenoxy) is 2. The third kappa shape index (κ3) is 11.5. The van der Waals surface area contributed by atoms with Crippen LogP contribution in [0.2, 0.25) is 0 Å². The molecule has 0 unspecified atom stereocenters. The predicted molar refractivity (Wildman–Crippen MR) is 38.6 cm³/mol. The predicted octanol–water partition coefficient (Wildman–Crippen LogP) is 2.48. The van der Waals surface area contributed by atoms with Gasteiger partial charge in [-0.25, -0.2) is 4.39 Å². The summed E-state index contributed by atoms with van der Waals surface area (Å²) in [5, 5.41) is 0.